The third-order valence-electron chi connectivity index (χ3n) is 3.65. The molecule has 0 aliphatic carbocycles. The zero-order valence-electron chi connectivity index (χ0n) is 10.1. The van der Waals surface area contributed by atoms with Crippen molar-refractivity contribution in [3.8, 4) is 0 Å². The van der Waals surface area contributed by atoms with Gasteiger partial charge in [0, 0.05) is 26.2 Å². The van der Waals surface area contributed by atoms with Gasteiger partial charge in [-0.05, 0) is 38.3 Å². The summed E-state index contributed by atoms with van der Waals surface area (Å²) in [6.07, 6.45) is 4.30. The van der Waals surface area contributed by atoms with Crippen LogP contribution in [0.25, 0.3) is 0 Å². The molecule has 2 heterocycles. The van der Waals surface area contributed by atoms with E-state index in [1.165, 1.54) is 38.9 Å². The molecule has 3 nitrogen and oxygen atoms in total. The Hall–Kier alpha value is -0.120. The molecule has 2 atom stereocenters. The van der Waals surface area contributed by atoms with Crippen LogP contribution in [0.1, 0.15) is 26.2 Å². The molecule has 2 rings (SSSR count). The van der Waals surface area contributed by atoms with Gasteiger partial charge in [-0.3, -0.25) is 0 Å². The van der Waals surface area contributed by atoms with Gasteiger partial charge >= 0.3 is 0 Å². The van der Waals surface area contributed by atoms with E-state index in [1.54, 1.807) is 0 Å². The van der Waals surface area contributed by atoms with Gasteiger partial charge in [-0.25, -0.2) is 0 Å². The summed E-state index contributed by atoms with van der Waals surface area (Å²) in [6.45, 7) is 8.01. The lowest BCUT2D eigenvalue weighted by Crippen LogP contribution is -2.38. The molecule has 2 unspecified atom stereocenters. The predicted octanol–water partition coefficient (Wildman–Crippen LogP) is 1.10. The Labute approximate surface area is 93.2 Å². The fourth-order valence-electron chi connectivity index (χ4n) is 2.86. The SMILES string of the molecule is CN(CC1CCCO1)CC1(C)CCNC1. The van der Waals surface area contributed by atoms with Crippen molar-refractivity contribution in [3.05, 3.63) is 0 Å². The minimum Gasteiger partial charge on any atom is -0.377 e. The summed E-state index contributed by atoms with van der Waals surface area (Å²) in [5.74, 6) is 0. The van der Waals surface area contributed by atoms with Gasteiger partial charge in [-0.1, -0.05) is 6.92 Å². The summed E-state index contributed by atoms with van der Waals surface area (Å²) in [7, 11) is 2.23. The first-order chi connectivity index (χ1) is 7.18. The summed E-state index contributed by atoms with van der Waals surface area (Å²) in [6, 6.07) is 0. The predicted molar refractivity (Wildman–Crippen MR) is 62.1 cm³/mol. The van der Waals surface area contributed by atoms with E-state index in [0.29, 0.717) is 11.5 Å². The minimum absolute atomic E-state index is 0.480. The fourth-order valence-corrected chi connectivity index (χ4v) is 2.86. The van der Waals surface area contributed by atoms with Gasteiger partial charge in [0.1, 0.15) is 0 Å². The molecular weight excluding hydrogens is 188 g/mol. The third-order valence-corrected chi connectivity index (χ3v) is 3.65. The Bertz CT molecular complexity index is 196. The number of nitrogens with one attached hydrogen (secondary N) is 1. The van der Waals surface area contributed by atoms with E-state index in [0.717, 1.165) is 13.2 Å². The number of hydrogen-bond acceptors (Lipinski definition) is 3. The Morgan fingerprint density at radius 3 is 3.00 bits per heavy atom. The van der Waals surface area contributed by atoms with Crippen LogP contribution in [0, 0.1) is 5.41 Å². The maximum Gasteiger partial charge on any atom is 0.0702 e. The highest BCUT2D eigenvalue weighted by atomic mass is 16.5. The van der Waals surface area contributed by atoms with Crippen molar-refractivity contribution in [2.45, 2.75) is 32.3 Å². The van der Waals surface area contributed by atoms with Crippen LogP contribution >= 0.6 is 0 Å². The molecule has 88 valence electrons. The van der Waals surface area contributed by atoms with Crippen molar-refractivity contribution in [1.82, 2.24) is 10.2 Å². The molecular formula is C12H24N2O. The van der Waals surface area contributed by atoms with E-state index in [9.17, 15) is 0 Å². The molecule has 2 aliphatic rings. The second kappa shape index (κ2) is 4.81. The van der Waals surface area contributed by atoms with Gasteiger partial charge in [0.25, 0.3) is 0 Å². The van der Waals surface area contributed by atoms with Crippen molar-refractivity contribution in [2.24, 2.45) is 5.41 Å². The lowest BCUT2D eigenvalue weighted by molar-refractivity contribution is 0.0697. The van der Waals surface area contributed by atoms with E-state index in [1.807, 2.05) is 0 Å². The fraction of sp³-hybridized carbons (Fsp3) is 1.00. The number of ether oxygens (including phenoxy) is 1. The minimum atomic E-state index is 0.480. The van der Waals surface area contributed by atoms with Crippen molar-refractivity contribution in [2.75, 3.05) is 39.8 Å². The average Bonchev–Trinajstić information content (AvgIpc) is 2.76. The molecule has 3 heteroatoms. The Balaban J connectivity index is 1.73. The summed E-state index contributed by atoms with van der Waals surface area (Å²) in [5, 5.41) is 3.45. The molecule has 0 amide bonds. The molecule has 0 radical (unpaired) electrons. The van der Waals surface area contributed by atoms with Crippen molar-refractivity contribution in [3.63, 3.8) is 0 Å². The molecule has 1 N–H and O–H groups in total. The average molecular weight is 212 g/mol. The van der Waals surface area contributed by atoms with E-state index >= 15 is 0 Å². The van der Waals surface area contributed by atoms with Crippen LogP contribution in [0.15, 0.2) is 0 Å². The molecule has 0 aromatic rings. The normalized spacial score (nSPS) is 36.6. The van der Waals surface area contributed by atoms with Gasteiger partial charge < -0.3 is 15.0 Å². The summed E-state index contributed by atoms with van der Waals surface area (Å²) >= 11 is 0. The summed E-state index contributed by atoms with van der Waals surface area (Å²) < 4.78 is 5.66. The lowest BCUT2D eigenvalue weighted by atomic mass is 9.89. The molecule has 0 bridgehead atoms. The largest absolute Gasteiger partial charge is 0.377 e. The Morgan fingerprint density at radius 2 is 2.40 bits per heavy atom. The van der Waals surface area contributed by atoms with Crippen LogP contribution in [0.2, 0.25) is 0 Å². The molecule has 0 aromatic heterocycles. The Kier molecular flexibility index (Phi) is 3.65. The number of rotatable bonds is 4. The first kappa shape index (κ1) is 11.4. The van der Waals surface area contributed by atoms with Gasteiger partial charge in [0.2, 0.25) is 0 Å². The lowest BCUT2D eigenvalue weighted by Gasteiger charge is -2.30. The van der Waals surface area contributed by atoms with E-state index < -0.39 is 0 Å². The van der Waals surface area contributed by atoms with E-state index in [-0.39, 0.29) is 0 Å². The first-order valence-corrected chi connectivity index (χ1v) is 6.19. The second-order valence-corrected chi connectivity index (χ2v) is 5.57. The maximum atomic E-state index is 5.66. The standard InChI is InChI=1S/C12H24N2O/c1-12(5-6-13-9-12)10-14(2)8-11-4-3-7-15-11/h11,13H,3-10H2,1-2H3. The van der Waals surface area contributed by atoms with Crippen LogP contribution in [0.5, 0.6) is 0 Å². The number of nitrogens with zero attached hydrogens (tertiary/aromatic N) is 1. The highest BCUT2D eigenvalue weighted by molar-refractivity contribution is 4.86. The highest BCUT2D eigenvalue weighted by Gasteiger charge is 2.30. The zero-order valence-corrected chi connectivity index (χ0v) is 10.1. The highest BCUT2D eigenvalue weighted by Crippen LogP contribution is 2.25. The zero-order chi connectivity index (χ0) is 10.7. The molecule has 2 saturated heterocycles. The molecule has 0 saturated carbocycles. The van der Waals surface area contributed by atoms with Crippen LogP contribution in [-0.4, -0.2) is 50.8 Å². The monoisotopic (exact) mass is 212 g/mol. The van der Waals surface area contributed by atoms with Crippen LogP contribution < -0.4 is 5.32 Å². The maximum absolute atomic E-state index is 5.66. The topological polar surface area (TPSA) is 24.5 Å². The van der Waals surface area contributed by atoms with Gasteiger partial charge in [0.05, 0.1) is 6.10 Å². The Morgan fingerprint density at radius 1 is 1.53 bits per heavy atom. The molecule has 0 spiro atoms. The van der Waals surface area contributed by atoms with E-state index in [2.05, 4.69) is 24.2 Å². The van der Waals surface area contributed by atoms with E-state index in [4.69, 9.17) is 4.74 Å². The molecule has 2 aliphatic heterocycles. The summed E-state index contributed by atoms with van der Waals surface area (Å²) in [4.78, 5) is 2.45. The number of hydrogen-bond donors (Lipinski definition) is 1. The van der Waals surface area contributed by atoms with Crippen molar-refractivity contribution < 1.29 is 4.74 Å². The summed E-state index contributed by atoms with van der Waals surface area (Å²) in [5.41, 5.74) is 0.480. The van der Waals surface area contributed by atoms with Crippen LogP contribution in [0.4, 0.5) is 0 Å². The number of likely N-dealkylation sites (N-methyl/N-ethyl adjacent to an activating group) is 1. The third kappa shape index (κ3) is 3.16. The van der Waals surface area contributed by atoms with Gasteiger partial charge in [0.15, 0.2) is 0 Å². The molecule has 0 aromatic carbocycles. The van der Waals surface area contributed by atoms with Crippen molar-refractivity contribution in [1.29, 1.82) is 0 Å². The van der Waals surface area contributed by atoms with Crippen LogP contribution in [-0.2, 0) is 4.74 Å². The molecule has 15 heavy (non-hydrogen) atoms. The first-order valence-electron chi connectivity index (χ1n) is 6.19. The van der Waals surface area contributed by atoms with Crippen LogP contribution in [0.3, 0.4) is 0 Å². The quantitative estimate of drug-likeness (QED) is 0.755. The van der Waals surface area contributed by atoms with Gasteiger partial charge in [-0.2, -0.15) is 0 Å². The van der Waals surface area contributed by atoms with Crippen molar-refractivity contribution >= 4 is 0 Å². The van der Waals surface area contributed by atoms with Gasteiger partial charge in [-0.15, -0.1) is 0 Å². The smallest absolute Gasteiger partial charge is 0.0702 e. The molecule has 2 fully saturated rings. The second-order valence-electron chi connectivity index (χ2n) is 5.57.